The van der Waals surface area contributed by atoms with Gasteiger partial charge in [-0.05, 0) is 23.3 Å². The number of halogens is 1. The molecule has 0 N–H and O–H groups in total. The Labute approximate surface area is 119 Å². The number of hydrogen-bond donors (Lipinski definition) is 0. The number of alkyl halides is 1. The molecule has 100 valence electrons. The van der Waals surface area contributed by atoms with E-state index in [1.807, 2.05) is 24.3 Å². The molecule has 0 spiro atoms. The second-order valence-electron chi connectivity index (χ2n) is 5.30. The Hall–Kier alpha value is -0.600. The molecule has 0 fully saturated rings. The van der Waals surface area contributed by atoms with Crippen molar-refractivity contribution in [2.75, 3.05) is 11.9 Å². The molecule has 1 nitrogen and oxygen atoms in total. The van der Waals surface area contributed by atoms with Crippen LogP contribution in [0.4, 0.5) is 0 Å². The van der Waals surface area contributed by atoms with Crippen LogP contribution in [0.25, 0.3) is 0 Å². The fourth-order valence-corrected chi connectivity index (χ4v) is 2.46. The Bertz CT molecular complexity index is 349. The normalized spacial score (nSPS) is 15.9. The predicted octanol–water partition coefficient (Wildman–Crippen LogP) is 4.82. The Morgan fingerprint density at radius 1 is 1.39 bits per heavy atom. The second kappa shape index (κ2) is 7.75. The first-order chi connectivity index (χ1) is 8.59. The molecule has 0 saturated heterocycles. The van der Waals surface area contributed by atoms with Gasteiger partial charge in [-0.2, -0.15) is 0 Å². The molecular formula is C16H23BrO. The summed E-state index contributed by atoms with van der Waals surface area (Å²) < 4.78 is 5.77. The topological polar surface area (TPSA) is 9.23 Å². The van der Waals surface area contributed by atoms with E-state index in [0.717, 1.165) is 18.4 Å². The van der Waals surface area contributed by atoms with Gasteiger partial charge in [0.2, 0.25) is 0 Å². The van der Waals surface area contributed by atoms with Crippen LogP contribution in [0.15, 0.2) is 43.0 Å². The Kier molecular flexibility index (Phi) is 6.66. The van der Waals surface area contributed by atoms with Crippen LogP contribution in [0.3, 0.4) is 0 Å². The van der Waals surface area contributed by atoms with Crippen LogP contribution in [0.2, 0.25) is 0 Å². The lowest BCUT2D eigenvalue weighted by molar-refractivity contribution is 0.0813. The molecule has 1 aromatic rings. The van der Waals surface area contributed by atoms with Crippen LogP contribution < -0.4 is 0 Å². The Morgan fingerprint density at radius 2 is 2.06 bits per heavy atom. The molecule has 0 aliphatic carbocycles. The molecule has 0 aliphatic rings. The summed E-state index contributed by atoms with van der Waals surface area (Å²) >= 11 is 3.55. The van der Waals surface area contributed by atoms with Gasteiger partial charge in [0.05, 0.1) is 6.61 Å². The first kappa shape index (κ1) is 15.5. The maximum Gasteiger partial charge on any atom is 0.0717 e. The fourth-order valence-electron chi connectivity index (χ4n) is 2.00. The fraction of sp³-hybridized carbons (Fsp3) is 0.500. The van der Waals surface area contributed by atoms with Crippen LogP contribution in [-0.2, 0) is 11.3 Å². The maximum absolute atomic E-state index is 5.77. The number of benzene rings is 1. The average Bonchev–Trinajstić information content (AvgIpc) is 2.40. The molecule has 0 aliphatic heterocycles. The number of allylic oxidation sites excluding steroid dienone is 1. The lowest BCUT2D eigenvalue weighted by Crippen LogP contribution is -2.21. The van der Waals surface area contributed by atoms with Gasteiger partial charge in [0.15, 0.2) is 0 Å². The molecule has 2 unspecified atom stereocenters. The molecule has 18 heavy (non-hydrogen) atoms. The van der Waals surface area contributed by atoms with Crippen LogP contribution in [0.5, 0.6) is 0 Å². The van der Waals surface area contributed by atoms with Crippen molar-refractivity contribution in [1.29, 1.82) is 0 Å². The first-order valence-corrected chi connectivity index (χ1v) is 7.53. The van der Waals surface area contributed by atoms with Crippen molar-refractivity contribution in [3.63, 3.8) is 0 Å². The minimum Gasteiger partial charge on any atom is -0.376 e. The molecule has 0 radical (unpaired) electrons. The van der Waals surface area contributed by atoms with Gasteiger partial charge in [0.1, 0.15) is 0 Å². The van der Waals surface area contributed by atoms with Crippen LogP contribution in [0, 0.1) is 11.3 Å². The standard InChI is InChI=1S/C16H23BrO/c1-4-16(3,13-17)10-14(2)11-18-12-15-8-6-5-7-9-15/h4-9,14H,1,10-13H2,2-3H3. The third-order valence-corrected chi connectivity index (χ3v) is 4.41. The van der Waals surface area contributed by atoms with Gasteiger partial charge in [-0.3, -0.25) is 0 Å². The van der Waals surface area contributed by atoms with Gasteiger partial charge >= 0.3 is 0 Å². The van der Waals surface area contributed by atoms with E-state index in [9.17, 15) is 0 Å². The van der Waals surface area contributed by atoms with E-state index in [4.69, 9.17) is 4.74 Å². The monoisotopic (exact) mass is 310 g/mol. The zero-order valence-corrected chi connectivity index (χ0v) is 12.9. The zero-order valence-electron chi connectivity index (χ0n) is 11.4. The highest BCUT2D eigenvalue weighted by Crippen LogP contribution is 2.29. The first-order valence-electron chi connectivity index (χ1n) is 6.41. The SMILES string of the molecule is C=CC(C)(CBr)CC(C)COCc1ccccc1. The smallest absolute Gasteiger partial charge is 0.0717 e. The summed E-state index contributed by atoms with van der Waals surface area (Å²) in [6, 6.07) is 10.3. The van der Waals surface area contributed by atoms with Crippen molar-refractivity contribution >= 4 is 15.9 Å². The number of hydrogen-bond acceptors (Lipinski definition) is 1. The maximum atomic E-state index is 5.77. The summed E-state index contributed by atoms with van der Waals surface area (Å²) in [7, 11) is 0. The zero-order chi connectivity index (χ0) is 13.4. The summed E-state index contributed by atoms with van der Waals surface area (Å²) in [5.74, 6) is 0.536. The van der Waals surface area contributed by atoms with E-state index < -0.39 is 0 Å². The summed E-state index contributed by atoms with van der Waals surface area (Å²) in [4.78, 5) is 0. The molecule has 1 rings (SSSR count). The third kappa shape index (κ3) is 5.36. The molecule has 0 heterocycles. The van der Waals surface area contributed by atoms with E-state index in [0.29, 0.717) is 12.5 Å². The summed E-state index contributed by atoms with van der Waals surface area (Å²) in [6.07, 6.45) is 3.13. The van der Waals surface area contributed by atoms with E-state index in [1.165, 1.54) is 5.56 Å². The minimum atomic E-state index is 0.162. The highest BCUT2D eigenvalue weighted by Gasteiger charge is 2.21. The number of rotatable bonds is 8. The van der Waals surface area contributed by atoms with Crippen molar-refractivity contribution in [3.8, 4) is 0 Å². The average molecular weight is 311 g/mol. The largest absolute Gasteiger partial charge is 0.376 e. The lowest BCUT2D eigenvalue weighted by atomic mass is 9.84. The molecule has 1 aromatic carbocycles. The van der Waals surface area contributed by atoms with Gasteiger partial charge in [-0.1, -0.05) is 66.2 Å². The van der Waals surface area contributed by atoms with E-state index >= 15 is 0 Å². The van der Waals surface area contributed by atoms with Crippen LogP contribution in [-0.4, -0.2) is 11.9 Å². The minimum absolute atomic E-state index is 0.162. The highest BCUT2D eigenvalue weighted by molar-refractivity contribution is 9.09. The van der Waals surface area contributed by atoms with E-state index in [1.54, 1.807) is 0 Å². The van der Waals surface area contributed by atoms with Crippen LogP contribution >= 0.6 is 15.9 Å². The molecular weight excluding hydrogens is 288 g/mol. The lowest BCUT2D eigenvalue weighted by Gasteiger charge is -2.26. The molecule has 2 heteroatoms. The van der Waals surface area contributed by atoms with Gasteiger partial charge in [0, 0.05) is 11.9 Å². The summed E-state index contributed by atoms with van der Waals surface area (Å²) in [6.45, 7) is 9.87. The third-order valence-electron chi connectivity index (χ3n) is 3.13. The van der Waals surface area contributed by atoms with Gasteiger partial charge in [-0.15, -0.1) is 6.58 Å². The molecule has 0 aromatic heterocycles. The molecule has 0 saturated carbocycles. The number of ether oxygens (including phenoxy) is 1. The van der Waals surface area contributed by atoms with Crippen molar-refractivity contribution in [3.05, 3.63) is 48.6 Å². The Morgan fingerprint density at radius 3 is 2.61 bits per heavy atom. The molecule has 0 amide bonds. The summed E-state index contributed by atoms with van der Waals surface area (Å²) in [5, 5.41) is 0.951. The predicted molar refractivity (Wildman–Crippen MR) is 82.0 cm³/mol. The van der Waals surface area contributed by atoms with E-state index in [-0.39, 0.29) is 5.41 Å². The van der Waals surface area contributed by atoms with Gasteiger partial charge < -0.3 is 4.74 Å². The molecule has 2 atom stereocenters. The van der Waals surface area contributed by atoms with E-state index in [2.05, 4.69) is 48.5 Å². The van der Waals surface area contributed by atoms with Crippen molar-refractivity contribution in [1.82, 2.24) is 0 Å². The second-order valence-corrected chi connectivity index (χ2v) is 5.86. The van der Waals surface area contributed by atoms with Crippen LogP contribution in [0.1, 0.15) is 25.8 Å². The summed E-state index contributed by atoms with van der Waals surface area (Å²) in [5.41, 5.74) is 1.40. The van der Waals surface area contributed by atoms with Crippen molar-refractivity contribution in [2.45, 2.75) is 26.9 Å². The van der Waals surface area contributed by atoms with Gasteiger partial charge in [-0.25, -0.2) is 0 Å². The van der Waals surface area contributed by atoms with Crippen molar-refractivity contribution < 1.29 is 4.74 Å². The highest BCUT2D eigenvalue weighted by atomic mass is 79.9. The molecule has 0 bridgehead atoms. The quantitative estimate of drug-likeness (QED) is 0.494. The van der Waals surface area contributed by atoms with Crippen molar-refractivity contribution in [2.24, 2.45) is 11.3 Å². The van der Waals surface area contributed by atoms with Gasteiger partial charge in [0.25, 0.3) is 0 Å². The Balaban J connectivity index is 2.29.